The predicted molar refractivity (Wildman–Crippen MR) is 90.8 cm³/mol. The summed E-state index contributed by atoms with van der Waals surface area (Å²) in [5.74, 6) is -0.138. The molecule has 0 aromatic heterocycles. The Kier molecular flexibility index (Phi) is 6.36. The van der Waals surface area contributed by atoms with Crippen LogP contribution in [0, 0.1) is 0 Å². The lowest BCUT2D eigenvalue weighted by atomic mass is 10.1. The number of benzene rings is 2. The Morgan fingerprint density at radius 2 is 1.52 bits per heavy atom. The Morgan fingerprint density at radius 1 is 0.913 bits per heavy atom. The molecule has 4 nitrogen and oxygen atoms in total. The van der Waals surface area contributed by atoms with Crippen molar-refractivity contribution in [1.82, 2.24) is 10.6 Å². The first-order chi connectivity index (χ1) is 11.1. The summed E-state index contributed by atoms with van der Waals surface area (Å²) in [6.07, 6.45) is 0.612. The molecule has 23 heavy (non-hydrogen) atoms. The van der Waals surface area contributed by atoms with Crippen LogP contribution in [0.4, 0.5) is 0 Å². The fourth-order valence-electron chi connectivity index (χ4n) is 2.30. The molecule has 2 N–H and O–H groups in total. The first kappa shape index (κ1) is 16.7. The van der Waals surface area contributed by atoms with Crippen LogP contribution in [0.1, 0.15) is 30.5 Å². The quantitative estimate of drug-likeness (QED) is 0.826. The summed E-state index contributed by atoms with van der Waals surface area (Å²) >= 11 is 0. The Bertz CT molecular complexity index is 626. The molecule has 0 aliphatic heterocycles. The molecule has 2 amide bonds. The van der Waals surface area contributed by atoms with E-state index in [1.165, 1.54) is 0 Å². The second-order valence-electron chi connectivity index (χ2n) is 5.46. The molecular weight excluding hydrogens is 288 g/mol. The molecule has 0 saturated carbocycles. The minimum Gasteiger partial charge on any atom is -0.355 e. The fourth-order valence-corrected chi connectivity index (χ4v) is 2.30. The smallest absolute Gasteiger partial charge is 0.224 e. The van der Waals surface area contributed by atoms with Crippen molar-refractivity contribution >= 4 is 11.8 Å². The molecule has 0 fully saturated rings. The van der Waals surface area contributed by atoms with Crippen molar-refractivity contribution in [2.75, 3.05) is 6.54 Å². The Balaban J connectivity index is 1.67. The number of hydrogen-bond acceptors (Lipinski definition) is 2. The van der Waals surface area contributed by atoms with Crippen LogP contribution in [-0.4, -0.2) is 18.4 Å². The number of nitrogens with one attached hydrogen (secondary N) is 2. The van der Waals surface area contributed by atoms with Crippen molar-refractivity contribution in [3.05, 3.63) is 71.8 Å². The fraction of sp³-hybridized carbons (Fsp3) is 0.263. The van der Waals surface area contributed by atoms with Gasteiger partial charge in [-0.1, -0.05) is 60.7 Å². The zero-order valence-corrected chi connectivity index (χ0v) is 13.3. The molecule has 0 saturated heterocycles. The van der Waals surface area contributed by atoms with Crippen LogP contribution in [0.3, 0.4) is 0 Å². The van der Waals surface area contributed by atoms with Crippen LogP contribution in [-0.2, 0) is 16.0 Å². The van der Waals surface area contributed by atoms with Gasteiger partial charge in [-0.25, -0.2) is 0 Å². The predicted octanol–water partition coefficient (Wildman–Crippen LogP) is 2.61. The summed E-state index contributed by atoms with van der Waals surface area (Å²) in [6.45, 7) is 2.29. The van der Waals surface area contributed by atoms with Gasteiger partial charge in [-0.05, 0) is 18.1 Å². The average Bonchev–Trinajstić information content (AvgIpc) is 2.56. The lowest BCUT2D eigenvalue weighted by Gasteiger charge is -2.14. The van der Waals surface area contributed by atoms with E-state index in [1.54, 1.807) is 0 Å². The SMILES string of the molecule is CC(NC(=O)CCNC(=O)Cc1ccccc1)c1ccccc1. The molecule has 2 aromatic carbocycles. The van der Waals surface area contributed by atoms with E-state index in [0.29, 0.717) is 13.0 Å². The molecular formula is C19H22N2O2. The van der Waals surface area contributed by atoms with E-state index in [1.807, 2.05) is 67.6 Å². The van der Waals surface area contributed by atoms with Crippen molar-refractivity contribution in [3.63, 3.8) is 0 Å². The third kappa shape index (κ3) is 5.94. The number of rotatable bonds is 7. The molecule has 2 rings (SSSR count). The lowest BCUT2D eigenvalue weighted by Crippen LogP contribution is -2.32. The van der Waals surface area contributed by atoms with E-state index in [9.17, 15) is 9.59 Å². The van der Waals surface area contributed by atoms with Gasteiger partial charge in [0.2, 0.25) is 11.8 Å². The van der Waals surface area contributed by atoms with Crippen LogP contribution in [0.5, 0.6) is 0 Å². The van der Waals surface area contributed by atoms with Gasteiger partial charge in [0.05, 0.1) is 12.5 Å². The molecule has 2 aromatic rings. The molecule has 0 radical (unpaired) electrons. The Hall–Kier alpha value is -2.62. The van der Waals surface area contributed by atoms with E-state index >= 15 is 0 Å². The van der Waals surface area contributed by atoms with Crippen LogP contribution < -0.4 is 10.6 Å². The van der Waals surface area contributed by atoms with Gasteiger partial charge in [0, 0.05) is 13.0 Å². The van der Waals surface area contributed by atoms with Gasteiger partial charge in [-0.15, -0.1) is 0 Å². The van der Waals surface area contributed by atoms with Crippen molar-refractivity contribution < 1.29 is 9.59 Å². The van der Waals surface area contributed by atoms with Crippen LogP contribution in [0.2, 0.25) is 0 Å². The van der Waals surface area contributed by atoms with Crippen LogP contribution >= 0.6 is 0 Å². The van der Waals surface area contributed by atoms with E-state index < -0.39 is 0 Å². The van der Waals surface area contributed by atoms with E-state index in [4.69, 9.17) is 0 Å². The third-order valence-corrected chi connectivity index (χ3v) is 3.56. The molecule has 0 bridgehead atoms. The van der Waals surface area contributed by atoms with Crippen molar-refractivity contribution in [2.24, 2.45) is 0 Å². The summed E-state index contributed by atoms with van der Waals surface area (Å²) in [4.78, 5) is 23.7. The molecule has 120 valence electrons. The minimum atomic E-state index is -0.0693. The minimum absolute atomic E-state index is 0.0382. The molecule has 1 atom stereocenters. The zero-order chi connectivity index (χ0) is 16.5. The first-order valence-electron chi connectivity index (χ1n) is 7.80. The van der Waals surface area contributed by atoms with E-state index in [0.717, 1.165) is 11.1 Å². The highest BCUT2D eigenvalue weighted by Gasteiger charge is 2.09. The first-order valence-corrected chi connectivity index (χ1v) is 7.80. The van der Waals surface area contributed by atoms with Gasteiger partial charge in [0.25, 0.3) is 0 Å². The van der Waals surface area contributed by atoms with Gasteiger partial charge < -0.3 is 10.6 Å². The topological polar surface area (TPSA) is 58.2 Å². The molecule has 0 aliphatic rings. The summed E-state index contributed by atoms with van der Waals surface area (Å²) < 4.78 is 0. The van der Waals surface area contributed by atoms with Gasteiger partial charge in [0.15, 0.2) is 0 Å². The van der Waals surface area contributed by atoms with Crippen LogP contribution in [0.25, 0.3) is 0 Å². The maximum Gasteiger partial charge on any atom is 0.224 e. The highest BCUT2D eigenvalue weighted by molar-refractivity contribution is 5.80. The second kappa shape index (κ2) is 8.73. The van der Waals surface area contributed by atoms with Crippen molar-refractivity contribution in [3.8, 4) is 0 Å². The van der Waals surface area contributed by atoms with Gasteiger partial charge in [-0.3, -0.25) is 9.59 Å². The van der Waals surface area contributed by atoms with Gasteiger partial charge in [-0.2, -0.15) is 0 Å². The van der Waals surface area contributed by atoms with Crippen molar-refractivity contribution in [2.45, 2.75) is 25.8 Å². The van der Waals surface area contributed by atoms with Gasteiger partial charge in [0.1, 0.15) is 0 Å². The highest BCUT2D eigenvalue weighted by Crippen LogP contribution is 2.10. The zero-order valence-electron chi connectivity index (χ0n) is 13.3. The largest absolute Gasteiger partial charge is 0.355 e. The summed E-state index contributed by atoms with van der Waals surface area (Å²) in [6, 6.07) is 19.3. The number of carbonyl (C=O) groups excluding carboxylic acids is 2. The maximum atomic E-state index is 11.9. The molecule has 0 heterocycles. The van der Waals surface area contributed by atoms with Gasteiger partial charge >= 0.3 is 0 Å². The summed E-state index contributed by atoms with van der Waals surface area (Å²) in [5.41, 5.74) is 2.03. The van der Waals surface area contributed by atoms with Crippen LogP contribution in [0.15, 0.2) is 60.7 Å². The lowest BCUT2D eigenvalue weighted by molar-refractivity contribution is -0.122. The maximum absolute atomic E-state index is 11.9. The third-order valence-electron chi connectivity index (χ3n) is 3.56. The van der Waals surface area contributed by atoms with E-state index in [-0.39, 0.29) is 24.3 Å². The highest BCUT2D eigenvalue weighted by atomic mass is 16.2. The standard InChI is InChI=1S/C19H22N2O2/c1-15(17-10-6-3-7-11-17)21-18(22)12-13-20-19(23)14-16-8-4-2-5-9-16/h2-11,15H,12-14H2,1H3,(H,20,23)(H,21,22). The second-order valence-corrected chi connectivity index (χ2v) is 5.46. The molecule has 4 heteroatoms. The molecule has 0 aliphatic carbocycles. The number of amides is 2. The van der Waals surface area contributed by atoms with Crippen molar-refractivity contribution in [1.29, 1.82) is 0 Å². The molecule has 0 spiro atoms. The number of carbonyl (C=O) groups is 2. The van der Waals surface area contributed by atoms with E-state index in [2.05, 4.69) is 10.6 Å². The summed E-state index contributed by atoms with van der Waals surface area (Å²) in [5, 5.41) is 5.70. The molecule has 1 unspecified atom stereocenters. The normalized spacial score (nSPS) is 11.5. The monoisotopic (exact) mass is 310 g/mol. The Labute approximate surface area is 136 Å². The Morgan fingerprint density at radius 3 is 2.17 bits per heavy atom. The average molecular weight is 310 g/mol. The summed E-state index contributed by atoms with van der Waals surface area (Å²) in [7, 11) is 0. The number of hydrogen-bond donors (Lipinski definition) is 2.